The van der Waals surface area contributed by atoms with Crippen LogP contribution < -0.4 is 0 Å². The third-order valence-electron chi connectivity index (χ3n) is 3.63. The predicted octanol–water partition coefficient (Wildman–Crippen LogP) is 4.71. The molecule has 0 unspecified atom stereocenters. The fourth-order valence-corrected chi connectivity index (χ4v) is 2.45. The number of hydrogen-bond acceptors (Lipinski definition) is 3. The Kier molecular flexibility index (Phi) is 4.70. The third-order valence-corrected chi connectivity index (χ3v) is 3.63. The maximum absolute atomic E-state index is 12.7. The summed E-state index contributed by atoms with van der Waals surface area (Å²) in [6.07, 6.45) is -3.13. The summed E-state index contributed by atoms with van der Waals surface area (Å²) < 4.78 is 43.4. The van der Waals surface area contributed by atoms with E-state index >= 15 is 0 Å². The Morgan fingerprint density at radius 1 is 1.00 bits per heavy atom. The van der Waals surface area contributed by atoms with E-state index in [1.807, 2.05) is 30.3 Å². The summed E-state index contributed by atoms with van der Waals surface area (Å²) >= 11 is 0. The zero-order valence-corrected chi connectivity index (χ0v) is 13.1. The summed E-state index contributed by atoms with van der Waals surface area (Å²) in [7, 11) is 0. The molecule has 0 fully saturated rings. The minimum Gasteiger partial charge on any atom is -0.448 e. The molecule has 1 aromatic heterocycles. The Labute approximate surface area is 142 Å². The van der Waals surface area contributed by atoms with E-state index in [9.17, 15) is 18.0 Å². The first kappa shape index (κ1) is 17.0. The number of carbonyl (C=O) groups excluding carboxylic acids is 1. The molecule has 0 spiro atoms. The summed E-state index contributed by atoms with van der Waals surface area (Å²) in [5.41, 5.74) is 1.03. The quantitative estimate of drug-likeness (QED) is 0.672. The summed E-state index contributed by atoms with van der Waals surface area (Å²) in [6, 6.07) is 14.1. The molecule has 0 amide bonds. The van der Waals surface area contributed by atoms with Crippen LogP contribution in [0.2, 0.25) is 0 Å². The van der Waals surface area contributed by atoms with Gasteiger partial charge in [0.05, 0.1) is 12.0 Å². The minimum atomic E-state index is -4.42. The fourth-order valence-electron chi connectivity index (χ4n) is 2.45. The van der Waals surface area contributed by atoms with Crippen LogP contribution in [0.15, 0.2) is 65.3 Å². The standard InChI is InChI=1S/C19H14F3NO2/c20-19(21,22)15-8-4-5-13(9-15)10-16(24)11-18-23-17(12-25-18)14-6-2-1-3-7-14/h1-9,12H,10-11H2. The van der Waals surface area contributed by atoms with Crippen molar-refractivity contribution in [3.8, 4) is 11.3 Å². The van der Waals surface area contributed by atoms with Crippen molar-refractivity contribution in [2.24, 2.45) is 0 Å². The van der Waals surface area contributed by atoms with E-state index in [4.69, 9.17) is 4.42 Å². The molecule has 0 radical (unpaired) electrons. The number of nitrogens with zero attached hydrogens (tertiary/aromatic N) is 1. The Hall–Kier alpha value is -2.89. The van der Waals surface area contributed by atoms with Gasteiger partial charge in [-0.25, -0.2) is 4.98 Å². The number of rotatable bonds is 5. The second-order valence-corrected chi connectivity index (χ2v) is 5.58. The SMILES string of the molecule is O=C(Cc1cccc(C(F)(F)F)c1)Cc1nc(-c2ccccc2)co1. The van der Waals surface area contributed by atoms with Gasteiger partial charge >= 0.3 is 6.18 Å². The van der Waals surface area contributed by atoms with E-state index < -0.39 is 11.7 Å². The van der Waals surface area contributed by atoms with Gasteiger partial charge in [0.15, 0.2) is 0 Å². The first-order valence-electron chi connectivity index (χ1n) is 7.59. The molecule has 0 aliphatic carbocycles. The number of carbonyl (C=O) groups is 1. The topological polar surface area (TPSA) is 43.1 Å². The average Bonchev–Trinajstić information content (AvgIpc) is 3.03. The Morgan fingerprint density at radius 2 is 1.76 bits per heavy atom. The van der Waals surface area contributed by atoms with Crippen LogP contribution in [0.4, 0.5) is 13.2 Å². The van der Waals surface area contributed by atoms with Crippen LogP contribution in [0.25, 0.3) is 11.3 Å². The predicted molar refractivity (Wildman–Crippen MR) is 85.8 cm³/mol. The highest BCUT2D eigenvalue weighted by molar-refractivity contribution is 5.82. The average molecular weight is 345 g/mol. The lowest BCUT2D eigenvalue weighted by atomic mass is 10.0. The highest BCUT2D eigenvalue weighted by atomic mass is 19.4. The van der Waals surface area contributed by atoms with Crippen molar-refractivity contribution in [3.63, 3.8) is 0 Å². The molecule has 3 aromatic rings. The zero-order chi connectivity index (χ0) is 17.9. The number of oxazole rings is 1. The van der Waals surface area contributed by atoms with Crippen molar-refractivity contribution >= 4 is 5.78 Å². The molecular weight excluding hydrogens is 331 g/mol. The summed E-state index contributed by atoms with van der Waals surface area (Å²) in [6.45, 7) is 0. The molecule has 25 heavy (non-hydrogen) atoms. The lowest BCUT2D eigenvalue weighted by Crippen LogP contribution is -2.09. The number of ketones is 1. The number of aromatic nitrogens is 1. The van der Waals surface area contributed by atoms with Crippen LogP contribution in [-0.2, 0) is 23.8 Å². The van der Waals surface area contributed by atoms with Crippen LogP contribution in [0.1, 0.15) is 17.0 Å². The zero-order valence-electron chi connectivity index (χ0n) is 13.1. The van der Waals surface area contributed by atoms with Gasteiger partial charge in [0.25, 0.3) is 0 Å². The molecular formula is C19H14F3NO2. The molecule has 128 valence electrons. The van der Waals surface area contributed by atoms with Crippen LogP contribution in [0, 0.1) is 0 Å². The van der Waals surface area contributed by atoms with Gasteiger partial charge < -0.3 is 4.42 Å². The first-order chi connectivity index (χ1) is 11.9. The van der Waals surface area contributed by atoms with Gasteiger partial charge in [0.2, 0.25) is 5.89 Å². The summed E-state index contributed by atoms with van der Waals surface area (Å²) in [5.74, 6) is -0.0170. The van der Waals surface area contributed by atoms with Crippen LogP contribution in [-0.4, -0.2) is 10.8 Å². The molecule has 0 N–H and O–H groups in total. The highest BCUT2D eigenvalue weighted by Crippen LogP contribution is 2.29. The summed E-state index contributed by atoms with van der Waals surface area (Å²) in [5, 5.41) is 0. The van der Waals surface area contributed by atoms with Crippen LogP contribution >= 0.6 is 0 Å². The highest BCUT2D eigenvalue weighted by Gasteiger charge is 2.30. The van der Waals surface area contributed by atoms with Crippen molar-refractivity contribution < 1.29 is 22.4 Å². The molecule has 0 aliphatic heterocycles. The van der Waals surface area contributed by atoms with E-state index in [-0.39, 0.29) is 24.5 Å². The van der Waals surface area contributed by atoms with E-state index in [2.05, 4.69) is 4.98 Å². The van der Waals surface area contributed by atoms with Crippen LogP contribution in [0.5, 0.6) is 0 Å². The van der Waals surface area contributed by atoms with E-state index in [1.54, 1.807) is 0 Å². The van der Waals surface area contributed by atoms with E-state index in [0.717, 1.165) is 17.7 Å². The molecule has 0 atom stereocenters. The van der Waals surface area contributed by atoms with Gasteiger partial charge in [-0.15, -0.1) is 0 Å². The maximum Gasteiger partial charge on any atom is 0.416 e. The Morgan fingerprint density at radius 3 is 2.48 bits per heavy atom. The summed E-state index contributed by atoms with van der Waals surface area (Å²) in [4.78, 5) is 16.4. The molecule has 0 bridgehead atoms. The lowest BCUT2D eigenvalue weighted by Gasteiger charge is -2.08. The molecule has 3 rings (SSSR count). The Balaban J connectivity index is 1.67. The van der Waals surface area contributed by atoms with Crippen LogP contribution in [0.3, 0.4) is 0 Å². The van der Waals surface area contributed by atoms with Gasteiger partial charge in [-0.3, -0.25) is 4.79 Å². The Bertz CT molecular complexity index is 870. The molecule has 0 aliphatic rings. The molecule has 0 saturated heterocycles. The van der Waals surface area contributed by atoms with Gasteiger partial charge in [-0.05, 0) is 11.6 Å². The lowest BCUT2D eigenvalue weighted by molar-refractivity contribution is -0.137. The van der Waals surface area contributed by atoms with Crippen molar-refractivity contribution in [2.75, 3.05) is 0 Å². The van der Waals surface area contributed by atoms with E-state index in [1.165, 1.54) is 18.4 Å². The van der Waals surface area contributed by atoms with Crippen molar-refractivity contribution in [3.05, 3.63) is 77.9 Å². The fraction of sp³-hybridized carbons (Fsp3) is 0.158. The third kappa shape index (κ3) is 4.35. The number of benzene rings is 2. The maximum atomic E-state index is 12.7. The van der Waals surface area contributed by atoms with Crippen molar-refractivity contribution in [2.45, 2.75) is 19.0 Å². The molecule has 3 nitrogen and oxygen atoms in total. The number of halogens is 3. The molecule has 1 heterocycles. The minimum absolute atomic E-state index is 0.0664. The largest absolute Gasteiger partial charge is 0.448 e. The number of Topliss-reactive ketones (excluding diaryl/α,β-unsaturated/α-hetero) is 1. The van der Waals surface area contributed by atoms with Crippen molar-refractivity contribution in [1.29, 1.82) is 0 Å². The number of alkyl halides is 3. The van der Waals surface area contributed by atoms with Gasteiger partial charge in [0.1, 0.15) is 17.7 Å². The van der Waals surface area contributed by atoms with E-state index in [0.29, 0.717) is 11.3 Å². The van der Waals surface area contributed by atoms with Gasteiger partial charge in [0, 0.05) is 12.0 Å². The normalized spacial score (nSPS) is 11.5. The second-order valence-electron chi connectivity index (χ2n) is 5.58. The second kappa shape index (κ2) is 6.93. The first-order valence-corrected chi connectivity index (χ1v) is 7.59. The molecule has 0 saturated carbocycles. The number of hydrogen-bond donors (Lipinski definition) is 0. The van der Waals surface area contributed by atoms with Gasteiger partial charge in [-0.1, -0.05) is 48.5 Å². The smallest absolute Gasteiger partial charge is 0.416 e. The monoisotopic (exact) mass is 345 g/mol. The van der Waals surface area contributed by atoms with Gasteiger partial charge in [-0.2, -0.15) is 13.2 Å². The van der Waals surface area contributed by atoms with Crippen molar-refractivity contribution in [1.82, 2.24) is 4.98 Å². The molecule has 2 aromatic carbocycles. The molecule has 6 heteroatoms.